The van der Waals surface area contributed by atoms with E-state index in [1.54, 1.807) is 6.20 Å². The molecule has 16 heavy (non-hydrogen) atoms. The Bertz CT molecular complexity index is 526. The van der Waals surface area contributed by atoms with Gasteiger partial charge in [0.2, 0.25) is 0 Å². The van der Waals surface area contributed by atoms with Crippen molar-refractivity contribution in [1.29, 1.82) is 0 Å². The van der Waals surface area contributed by atoms with Crippen molar-refractivity contribution < 1.29 is 0 Å². The largest absolute Gasteiger partial charge is 0.332 e. The van der Waals surface area contributed by atoms with Crippen molar-refractivity contribution >= 4 is 22.6 Å². The zero-order valence-electron chi connectivity index (χ0n) is 9.20. The number of rotatable bonds is 1. The molecule has 3 nitrogen and oxygen atoms in total. The molecule has 0 bridgehead atoms. The van der Waals surface area contributed by atoms with Gasteiger partial charge in [0.1, 0.15) is 5.65 Å². The molecule has 1 fully saturated rings. The van der Waals surface area contributed by atoms with E-state index in [-0.39, 0.29) is 0 Å². The Morgan fingerprint density at radius 2 is 2.38 bits per heavy atom. The minimum absolute atomic E-state index is 0.609. The topological polar surface area (TPSA) is 29.9 Å². The Hall–Kier alpha value is -1.06. The van der Waals surface area contributed by atoms with Crippen LogP contribution < -0.4 is 5.32 Å². The number of aryl methyl sites for hydroxylation is 1. The third kappa shape index (κ3) is 1.51. The molecule has 0 saturated carbocycles. The first-order chi connectivity index (χ1) is 7.75. The summed E-state index contributed by atoms with van der Waals surface area (Å²) in [4.78, 5) is 4.38. The summed E-state index contributed by atoms with van der Waals surface area (Å²) < 4.78 is 2.18. The lowest BCUT2D eigenvalue weighted by Crippen LogP contribution is -2.10. The predicted molar refractivity (Wildman–Crippen MR) is 66.0 cm³/mol. The van der Waals surface area contributed by atoms with Crippen molar-refractivity contribution in [3.63, 3.8) is 0 Å². The van der Waals surface area contributed by atoms with E-state index in [1.807, 2.05) is 6.07 Å². The number of hydrogen-bond acceptors (Lipinski definition) is 2. The Kier molecular flexibility index (Phi) is 2.37. The highest BCUT2D eigenvalue weighted by molar-refractivity contribution is 6.31. The third-order valence-electron chi connectivity index (χ3n) is 3.35. The summed E-state index contributed by atoms with van der Waals surface area (Å²) >= 11 is 5.96. The first-order valence-electron chi connectivity index (χ1n) is 5.57. The number of pyridine rings is 1. The first-order valence-corrected chi connectivity index (χ1v) is 5.95. The maximum absolute atomic E-state index is 5.96. The average Bonchev–Trinajstić information content (AvgIpc) is 2.86. The Balaban J connectivity index is 2.14. The van der Waals surface area contributed by atoms with Gasteiger partial charge in [0.15, 0.2) is 0 Å². The van der Waals surface area contributed by atoms with Gasteiger partial charge in [-0.05, 0) is 25.1 Å². The SMILES string of the molecule is Cn1c(C2CCNC2)cc2cc(Cl)cnc21. The van der Waals surface area contributed by atoms with Crippen molar-refractivity contribution in [3.05, 3.63) is 29.0 Å². The molecule has 0 aliphatic carbocycles. The fourth-order valence-electron chi connectivity index (χ4n) is 2.51. The van der Waals surface area contributed by atoms with E-state index in [4.69, 9.17) is 11.6 Å². The monoisotopic (exact) mass is 235 g/mol. The molecule has 0 amide bonds. The fourth-order valence-corrected chi connectivity index (χ4v) is 2.68. The van der Waals surface area contributed by atoms with Crippen LogP contribution in [0.4, 0.5) is 0 Å². The van der Waals surface area contributed by atoms with Crippen LogP contribution in [0.15, 0.2) is 18.3 Å². The number of aromatic nitrogens is 2. The minimum Gasteiger partial charge on any atom is -0.332 e. The van der Waals surface area contributed by atoms with Crippen molar-refractivity contribution in [3.8, 4) is 0 Å². The van der Waals surface area contributed by atoms with Gasteiger partial charge in [-0.3, -0.25) is 0 Å². The quantitative estimate of drug-likeness (QED) is 0.822. The van der Waals surface area contributed by atoms with E-state index >= 15 is 0 Å². The molecule has 2 aromatic heterocycles. The van der Waals surface area contributed by atoms with Crippen LogP contribution in [0, 0.1) is 0 Å². The van der Waals surface area contributed by atoms with Gasteiger partial charge in [0, 0.05) is 36.8 Å². The van der Waals surface area contributed by atoms with Gasteiger partial charge in [-0.15, -0.1) is 0 Å². The molecule has 1 atom stereocenters. The van der Waals surface area contributed by atoms with E-state index < -0.39 is 0 Å². The van der Waals surface area contributed by atoms with Crippen LogP contribution in [0.1, 0.15) is 18.0 Å². The van der Waals surface area contributed by atoms with Gasteiger partial charge in [-0.2, -0.15) is 0 Å². The van der Waals surface area contributed by atoms with Crippen molar-refractivity contribution in [2.24, 2.45) is 7.05 Å². The lowest BCUT2D eigenvalue weighted by atomic mass is 10.1. The summed E-state index contributed by atoms with van der Waals surface area (Å²) in [6.07, 6.45) is 2.92. The smallest absolute Gasteiger partial charge is 0.139 e. The third-order valence-corrected chi connectivity index (χ3v) is 3.56. The number of nitrogens with zero attached hydrogens (tertiary/aromatic N) is 2. The molecule has 4 heteroatoms. The second-order valence-corrected chi connectivity index (χ2v) is 4.82. The van der Waals surface area contributed by atoms with Gasteiger partial charge in [0.05, 0.1) is 5.02 Å². The summed E-state index contributed by atoms with van der Waals surface area (Å²) in [6, 6.07) is 4.20. The van der Waals surface area contributed by atoms with Crippen LogP contribution in [0.2, 0.25) is 5.02 Å². The molecule has 0 spiro atoms. The van der Waals surface area contributed by atoms with Crippen molar-refractivity contribution in [2.45, 2.75) is 12.3 Å². The molecule has 84 valence electrons. The van der Waals surface area contributed by atoms with Gasteiger partial charge >= 0.3 is 0 Å². The zero-order valence-corrected chi connectivity index (χ0v) is 9.96. The maximum Gasteiger partial charge on any atom is 0.139 e. The summed E-state index contributed by atoms with van der Waals surface area (Å²) in [5.74, 6) is 0.609. The molecule has 1 N–H and O–H groups in total. The predicted octanol–water partition coefficient (Wildman–Crippen LogP) is 2.30. The lowest BCUT2D eigenvalue weighted by molar-refractivity contribution is 0.692. The molecule has 1 aliphatic heterocycles. The molecular formula is C12H14ClN3. The molecule has 1 unspecified atom stereocenters. The van der Waals surface area contributed by atoms with E-state index in [1.165, 1.54) is 12.1 Å². The standard InChI is InChI=1S/C12H14ClN3/c1-16-11(8-2-3-14-6-8)5-9-4-10(13)7-15-12(9)16/h4-5,7-8,14H,2-3,6H2,1H3. The molecular weight excluding hydrogens is 222 g/mol. The van der Waals surface area contributed by atoms with Crippen LogP contribution in [-0.2, 0) is 7.05 Å². The zero-order chi connectivity index (χ0) is 11.1. The van der Waals surface area contributed by atoms with E-state index in [0.29, 0.717) is 10.9 Å². The van der Waals surface area contributed by atoms with Crippen molar-refractivity contribution in [2.75, 3.05) is 13.1 Å². The highest BCUT2D eigenvalue weighted by Gasteiger charge is 2.20. The van der Waals surface area contributed by atoms with Gasteiger partial charge in [0.25, 0.3) is 0 Å². The first kappa shape index (κ1) is 10.1. The molecule has 1 saturated heterocycles. The summed E-state index contributed by atoms with van der Waals surface area (Å²) in [5.41, 5.74) is 2.38. The second kappa shape index (κ2) is 3.75. The molecule has 0 radical (unpaired) electrons. The second-order valence-electron chi connectivity index (χ2n) is 4.38. The molecule has 0 aromatic carbocycles. The number of halogens is 1. The Morgan fingerprint density at radius 1 is 1.50 bits per heavy atom. The summed E-state index contributed by atoms with van der Waals surface area (Å²) in [7, 11) is 2.08. The lowest BCUT2D eigenvalue weighted by Gasteiger charge is -2.09. The summed E-state index contributed by atoms with van der Waals surface area (Å²) in [5, 5.41) is 5.23. The Morgan fingerprint density at radius 3 is 3.12 bits per heavy atom. The Labute approximate surface area is 99.4 Å². The van der Waals surface area contributed by atoms with Crippen LogP contribution in [0.25, 0.3) is 11.0 Å². The van der Waals surface area contributed by atoms with E-state index in [0.717, 1.165) is 24.1 Å². The number of hydrogen-bond donors (Lipinski definition) is 1. The molecule has 2 aromatic rings. The fraction of sp³-hybridized carbons (Fsp3) is 0.417. The molecule has 3 rings (SSSR count). The minimum atomic E-state index is 0.609. The van der Waals surface area contributed by atoms with Crippen LogP contribution in [0.5, 0.6) is 0 Å². The van der Waals surface area contributed by atoms with E-state index in [2.05, 4.69) is 28.0 Å². The van der Waals surface area contributed by atoms with Gasteiger partial charge in [-0.1, -0.05) is 11.6 Å². The normalized spacial score (nSPS) is 20.8. The highest BCUT2D eigenvalue weighted by Crippen LogP contribution is 2.28. The van der Waals surface area contributed by atoms with Crippen molar-refractivity contribution in [1.82, 2.24) is 14.9 Å². The van der Waals surface area contributed by atoms with Gasteiger partial charge < -0.3 is 9.88 Å². The van der Waals surface area contributed by atoms with Crippen LogP contribution in [-0.4, -0.2) is 22.6 Å². The summed E-state index contributed by atoms with van der Waals surface area (Å²) in [6.45, 7) is 2.18. The van der Waals surface area contributed by atoms with E-state index in [9.17, 15) is 0 Å². The highest BCUT2D eigenvalue weighted by atomic mass is 35.5. The van der Waals surface area contributed by atoms with Gasteiger partial charge in [-0.25, -0.2) is 4.98 Å². The average molecular weight is 236 g/mol. The maximum atomic E-state index is 5.96. The molecule has 1 aliphatic rings. The number of fused-ring (bicyclic) bond motifs is 1. The molecule has 3 heterocycles. The number of nitrogens with one attached hydrogen (secondary N) is 1. The van der Waals surface area contributed by atoms with Crippen LogP contribution >= 0.6 is 11.6 Å². The van der Waals surface area contributed by atoms with Crippen LogP contribution in [0.3, 0.4) is 0 Å².